The van der Waals surface area contributed by atoms with Crippen molar-refractivity contribution >= 4 is 50.9 Å². The smallest absolute Gasteiger partial charge is 0.416 e. The van der Waals surface area contributed by atoms with E-state index in [0.717, 1.165) is 12.1 Å². The van der Waals surface area contributed by atoms with Crippen LogP contribution in [-0.2, 0) is 29.2 Å². The summed E-state index contributed by atoms with van der Waals surface area (Å²) in [6.07, 6.45) is -10.3. The van der Waals surface area contributed by atoms with Crippen molar-refractivity contribution in [3.8, 4) is 5.75 Å². The van der Waals surface area contributed by atoms with Crippen LogP contribution in [0.4, 0.5) is 35.1 Å². The van der Waals surface area contributed by atoms with E-state index in [-0.39, 0.29) is 33.1 Å². The van der Waals surface area contributed by atoms with Gasteiger partial charge in [0.1, 0.15) is 17.2 Å². The largest absolute Gasteiger partial charge is 0.487 e. The lowest BCUT2D eigenvalue weighted by Gasteiger charge is -2.17. The molecule has 0 saturated carbocycles. The third-order valence-electron chi connectivity index (χ3n) is 4.74. The molecule has 1 aromatic heterocycles. The van der Waals surface area contributed by atoms with Crippen molar-refractivity contribution in [2.75, 3.05) is 0 Å². The Hall–Kier alpha value is -2.26. The van der Waals surface area contributed by atoms with E-state index in [0.29, 0.717) is 12.1 Å². The number of amides is 1. The third-order valence-corrected chi connectivity index (χ3v) is 8.23. The van der Waals surface area contributed by atoms with Gasteiger partial charge in [0.2, 0.25) is 5.91 Å². The van der Waals surface area contributed by atoms with Gasteiger partial charge in [-0.1, -0.05) is 6.07 Å². The van der Waals surface area contributed by atoms with Gasteiger partial charge in [0.25, 0.3) is 0 Å². The zero-order chi connectivity index (χ0) is 27.4. The van der Waals surface area contributed by atoms with Crippen LogP contribution in [0.5, 0.6) is 5.75 Å². The monoisotopic (exact) mass is 627 g/mol. The molecule has 4 N–H and O–H groups in total. The van der Waals surface area contributed by atoms with Gasteiger partial charge in [-0.3, -0.25) is 9.36 Å². The number of fused-ring (bicyclic) bond motifs is 1. The number of hydrogen-bond donors (Lipinski definition) is 3. The molecule has 3 aromatic rings. The van der Waals surface area contributed by atoms with Gasteiger partial charge in [-0.2, -0.15) is 35.1 Å². The van der Waals surface area contributed by atoms with Gasteiger partial charge in [0.15, 0.2) is 0 Å². The second-order valence-corrected chi connectivity index (χ2v) is 10.7. The normalized spacial score (nSPS) is 13.3. The lowest BCUT2D eigenvalue weighted by molar-refractivity contribution is -0.143. The fourth-order valence-corrected chi connectivity index (χ4v) is 5.99. The van der Waals surface area contributed by atoms with Crippen molar-refractivity contribution in [3.05, 3.63) is 61.9 Å². The summed E-state index contributed by atoms with van der Waals surface area (Å²) < 4.78 is 124. The van der Waals surface area contributed by atoms with Crippen molar-refractivity contribution in [1.82, 2.24) is 0 Å². The average Bonchev–Trinajstić information content (AvgIpc) is 3.07. The SMILES string of the molecule is NC(=O)c1cc(OCc2ccc(C(F)(F)F)cc2C(F)(F)F)c2sc(C(F)(F)P(=O)(O)O)c(Br)c2c1. The number of ether oxygens (including phenoxy) is 1. The summed E-state index contributed by atoms with van der Waals surface area (Å²) in [5, 5.41) is -0.224. The summed E-state index contributed by atoms with van der Waals surface area (Å²) in [6, 6.07) is 2.69. The van der Waals surface area contributed by atoms with Crippen LogP contribution >= 0.6 is 34.9 Å². The predicted octanol–water partition coefficient (Wildman–Crippen LogP) is 6.61. The molecule has 1 heterocycles. The van der Waals surface area contributed by atoms with Crippen molar-refractivity contribution < 1.29 is 59.0 Å². The maximum atomic E-state index is 14.4. The Bertz CT molecular complexity index is 1400. The Morgan fingerprint density at radius 3 is 2.14 bits per heavy atom. The Balaban J connectivity index is 2.15. The van der Waals surface area contributed by atoms with Crippen LogP contribution in [0.2, 0.25) is 0 Å². The molecule has 0 saturated heterocycles. The van der Waals surface area contributed by atoms with E-state index in [2.05, 4.69) is 15.9 Å². The first-order valence-electron chi connectivity index (χ1n) is 9.15. The molecule has 1 amide bonds. The van der Waals surface area contributed by atoms with E-state index >= 15 is 0 Å². The lowest BCUT2D eigenvalue weighted by atomic mass is 10.0. The Morgan fingerprint density at radius 2 is 1.64 bits per heavy atom. The molecule has 0 bridgehead atoms. The van der Waals surface area contributed by atoms with Crippen LogP contribution in [-0.4, -0.2) is 15.7 Å². The molecule has 0 fully saturated rings. The number of thiophene rings is 1. The first-order valence-corrected chi connectivity index (χ1v) is 12.4. The van der Waals surface area contributed by atoms with Crippen LogP contribution in [0.3, 0.4) is 0 Å². The van der Waals surface area contributed by atoms with Crippen LogP contribution in [0.1, 0.15) is 31.9 Å². The number of carbonyl (C=O) groups excluding carboxylic acids is 1. The average molecular weight is 628 g/mol. The molecule has 36 heavy (non-hydrogen) atoms. The molecule has 0 aliphatic rings. The predicted molar refractivity (Wildman–Crippen MR) is 115 cm³/mol. The number of benzene rings is 2. The van der Waals surface area contributed by atoms with E-state index < -0.39 is 69.9 Å². The highest BCUT2D eigenvalue weighted by Crippen LogP contribution is 2.63. The van der Waals surface area contributed by atoms with E-state index in [1.807, 2.05) is 0 Å². The minimum Gasteiger partial charge on any atom is -0.487 e. The molecule has 0 radical (unpaired) electrons. The molecule has 17 heteroatoms. The minimum atomic E-state index is -6.03. The van der Waals surface area contributed by atoms with E-state index in [1.54, 1.807) is 0 Å². The van der Waals surface area contributed by atoms with E-state index in [1.165, 1.54) is 0 Å². The molecule has 0 aliphatic carbocycles. The fourth-order valence-electron chi connectivity index (χ4n) is 3.01. The number of carbonyl (C=O) groups is 1. The number of rotatable bonds is 6. The zero-order valence-corrected chi connectivity index (χ0v) is 20.3. The van der Waals surface area contributed by atoms with Crippen LogP contribution in [0.25, 0.3) is 10.1 Å². The maximum Gasteiger partial charge on any atom is 0.416 e. The Labute approximate surface area is 207 Å². The highest BCUT2D eigenvalue weighted by atomic mass is 79.9. The van der Waals surface area contributed by atoms with Crippen molar-refractivity contribution in [1.29, 1.82) is 0 Å². The molecular weight excluding hydrogens is 617 g/mol. The second-order valence-electron chi connectivity index (χ2n) is 7.20. The lowest BCUT2D eigenvalue weighted by Crippen LogP contribution is -2.15. The zero-order valence-electron chi connectivity index (χ0n) is 17.0. The van der Waals surface area contributed by atoms with Gasteiger partial charge in [-0.25, -0.2) is 0 Å². The highest BCUT2D eigenvalue weighted by molar-refractivity contribution is 9.10. The Kier molecular flexibility index (Phi) is 7.27. The van der Waals surface area contributed by atoms with Crippen molar-refractivity contribution in [2.45, 2.75) is 24.6 Å². The van der Waals surface area contributed by atoms with Gasteiger partial charge in [-0.05, 0) is 40.2 Å². The molecule has 0 spiro atoms. The van der Waals surface area contributed by atoms with Crippen LogP contribution in [0, 0.1) is 0 Å². The quantitative estimate of drug-likeness (QED) is 0.211. The summed E-state index contributed by atoms with van der Waals surface area (Å²) in [5.74, 6) is -1.58. The third kappa shape index (κ3) is 5.37. The number of hydrogen-bond acceptors (Lipinski definition) is 4. The van der Waals surface area contributed by atoms with Crippen molar-refractivity contribution in [3.63, 3.8) is 0 Å². The van der Waals surface area contributed by atoms with Crippen molar-refractivity contribution in [2.24, 2.45) is 5.73 Å². The summed E-state index contributed by atoms with van der Waals surface area (Å²) >= 11 is 2.90. The number of primary amides is 1. The molecular formula is C19H11BrF8NO5PS. The van der Waals surface area contributed by atoms with Crippen LogP contribution in [0.15, 0.2) is 34.8 Å². The van der Waals surface area contributed by atoms with Gasteiger partial charge < -0.3 is 20.3 Å². The number of halogens is 9. The molecule has 0 unspecified atom stereocenters. The topological polar surface area (TPSA) is 110 Å². The fraction of sp³-hybridized carbons (Fsp3) is 0.211. The first-order chi connectivity index (χ1) is 16.2. The van der Waals surface area contributed by atoms with Gasteiger partial charge in [0.05, 0.1) is 15.8 Å². The molecule has 0 atom stereocenters. The highest BCUT2D eigenvalue weighted by Gasteiger charge is 2.53. The number of alkyl halides is 8. The molecule has 3 rings (SSSR count). The maximum absolute atomic E-state index is 14.4. The molecule has 0 aliphatic heterocycles. The number of nitrogens with two attached hydrogens (primary N) is 1. The summed E-state index contributed by atoms with van der Waals surface area (Å²) in [4.78, 5) is 28.6. The van der Waals surface area contributed by atoms with Gasteiger partial charge in [0, 0.05) is 21.0 Å². The molecule has 2 aromatic carbocycles. The van der Waals surface area contributed by atoms with Gasteiger partial charge in [-0.15, -0.1) is 11.3 Å². The standard InChI is InChI=1S/C19H11BrF8NO5PS/c20-13-10-3-8(16(29)30)4-12(14(10)36-15(13)19(27,28)35(31,32)33)34-6-7-1-2-9(17(21,22)23)5-11(7)18(24,25)26/h1-5H,6H2,(H2,29,30)(H2,31,32,33). The minimum absolute atomic E-state index is 0.117. The van der Waals surface area contributed by atoms with E-state index in [4.69, 9.17) is 20.3 Å². The van der Waals surface area contributed by atoms with Crippen LogP contribution < -0.4 is 10.5 Å². The molecule has 6 nitrogen and oxygen atoms in total. The molecule has 196 valence electrons. The Morgan fingerprint density at radius 1 is 1.03 bits per heavy atom. The first kappa shape index (κ1) is 28.3. The summed E-state index contributed by atoms with van der Waals surface area (Å²) in [7, 11) is -6.03. The van der Waals surface area contributed by atoms with E-state index in [9.17, 15) is 44.5 Å². The summed E-state index contributed by atoms with van der Waals surface area (Å²) in [6.45, 7) is -1.01. The van der Waals surface area contributed by atoms with Gasteiger partial charge >= 0.3 is 25.6 Å². The second kappa shape index (κ2) is 9.24. The summed E-state index contributed by atoms with van der Waals surface area (Å²) in [5.41, 5.74) is -3.82.